The third kappa shape index (κ3) is 5.53. The largest absolute Gasteiger partial charge is 0.340 e. The third-order valence-electron chi connectivity index (χ3n) is 3.55. The lowest BCUT2D eigenvalue weighted by atomic mass is 10.0. The fourth-order valence-electron chi connectivity index (χ4n) is 2.27. The molecule has 0 spiro atoms. The molecule has 0 aliphatic carbocycles. The van der Waals surface area contributed by atoms with E-state index in [1.807, 2.05) is 27.7 Å². The van der Waals surface area contributed by atoms with Crippen LogP contribution in [0.25, 0.3) is 0 Å². The summed E-state index contributed by atoms with van der Waals surface area (Å²) in [4.78, 5) is 27.0. The third-order valence-corrected chi connectivity index (χ3v) is 4.10. The minimum absolute atomic E-state index is 0.0632. The molecular formula is C18H24Cl2N2O2. The zero-order valence-electron chi connectivity index (χ0n) is 14.5. The van der Waals surface area contributed by atoms with Crippen molar-refractivity contribution in [1.29, 1.82) is 0 Å². The van der Waals surface area contributed by atoms with Crippen LogP contribution in [0.2, 0.25) is 10.0 Å². The molecule has 6 heteroatoms. The maximum atomic E-state index is 12.8. The lowest BCUT2D eigenvalue weighted by Crippen LogP contribution is -2.51. The van der Waals surface area contributed by atoms with Crippen molar-refractivity contribution in [3.05, 3.63) is 46.0 Å². The van der Waals surface area contributed by atoms with Gasteiger partial charge in [0.25, 0.3) is 5.91 Å². The van der Waals surface area contributed by atoms with E-state index in [1.54, 1.807) is 17.0 Å². The smallest absolute Gasteiger partial charge is 0.253 e. The molecule has 0 aromatic heterocycles. The molecule has 1 unspecified atom stereocenters. The highest BCUT2D eigenvalue weighted by Gasteiger charge is 2.28. The van der Waals surface area contributed by atoms with Crippen LogP contribution in [0.4, 0.5) is 0 Å². The highest BCUT2D eigenvalue weighted by molar-refractivity contribution is 6.36. The van der Waals surface area contributed by atoms with Crippen LogP contribution in [0.1, 0.15) is 38.1 Å². The van der Waals surface area contributed by atoms with Crippen LogP contribution in [-0.2, 0) is 4.79 Å². The van der Waals surface area contributed by atoms with Gasteiger partial charge < -0.3 is 10.2 Å². The molecule has 132 valence electrons. The number of carbonyl (C=O) groups excluding carboxylic acids is 2. The van der Waals surface area contributed by atoms with Crippen LogP contribution in [0.3, 0.4) is 0 Å². The van der Waals surface area contributed by atoms with Crippen LogP contribution in [-0.4, -0.2) is 35.8 Å². The first-order valence-corrected chi connectivity index (χ1v) is 8.62. The zero-order chi connectivity index (χ0) is 18.4. The summed E-state index contributed by atoms with van der Waals surface area (Å²) in [5, 5.41) is 3.50. The number of carbonyl (C=O) groups is 2. The van der Waals surface area contributed by atoms with Crippen LogP contribution >= 0.6 is 23.2 Å². The maximum Gasteiger partial charge on any atom is 0.253 e. The molecule has 1 aromatic rings. The number of benzene rings is 1. The first kappa shape index (κ1) is 20.5. The molecule has 0 heterocycles. The monoisotopic (exact) mass is 370 g/mol. The van der Waals surface area contributed by atoms with Crippen molar-refractivity contribution in [3.63, 3.8) is 0 Å². The molecule has 0 fully saturated rings. The Morgan fingerprint density at radius 2 is 1.92 bits per heavy atom. The van der Waals surface area contributed by atoms with Gasteiger partial charge in [-0.1, -0.05) is 49.2 Å². The Morgan fingerprint density at radius 1 is 1.29 bits per heavy atom. The molecule has 24 heavy (non-hydrogen) atoms. The summed E-state index contributed by atoms with van der Waals surface area (Å²) in [6, 6.07) is 4.01. The van der Waals surface area contributed by atoms with Gasteiger partial charge in [0.15, 0.2) is 0 Å². The standard InChI is InChI=1S/C18H24Cl2N2O2/c1-6-22(10-11(2)3)18(24)16(12(4)5)21-17(23)14-8-7-13(19)9-15(14)20/h7-9,12,16H,2,6,10H2,1,3-5H3,(H,21,23). The molecule has 1 rings (SSSR count). The first-order chi connectivity index (χ1) is 11.2. The number of amides is 2. The molecule has 1 aromatic carbocycles. The van der Waals surface area contributed by atoms with Crippen molar-refractivity contribution >= 4 is 35.0 Å². The fraction of sp³-hybridized carbons (Fsp3) is 0.444. The van der Waals surface area contributed by atoms with Crippen LogP contribution < -0.4 is 5.32 Å². The van der Waals surface area contributed by atoms with Crippen molar-refractivity contribution < 1.29 is 9.59 Å². The summed E-state index contributed by atoms with van der Waals surface area (Å²) in [5.74, 6) is -0.587. The normalized spacial score (nSPS) is 12.0. The Labute approximate surface area is 153 Å². The van der Waals surface area contributed by atoms with E-state index in [2.05, 4.69) is 11.9 Å². The van der Waals surface area contributed by atoms with Crippen molar-refractivity contribution in [2.24, 2.45) is 5.92 Å². The average Bonchev–Trinajstić information content (AvgIpc) is 2.48. The number of nitrogens with zero attached hydrogens (tertiary/aromatic N) is 1. The highest BCUT2D eigenvalue weighted by atomic mass is 35.5. The van der Waals surface area contributed by atoms with Gasteiger partial charge in [0.05, 0.1) is 10.6 Å². The van der Waals surface area contributed by atoms with Gasteiger partial charge in [-0.25, -0.2) is 0 Å². The Kier molecular flexibility index (Phi) is 7.77. The second-order valence-corrected chi connectivity index (χ2v) is 6.97. The fourth-order valence-corrected chi connectivity index (χ4v) is 2.77. The molecule has 0 radical (unpaired) electrons. The van der Waals surface area contributed by atoms with Crippen LogP contribution in [0.5, 0.6) is 0 Å². The van der Waals surface area contributed by atoms with Crippen LogP contribution in [0, 0.1) is 5.92 Å². The predicted octanol–water partition coefficient (Wildman–Crippen LogP) is 4.17. The van der Waals surface area contributed by atoms with Crippen molar-refractivity contribution in [2.75, 3.05) is 13.1 Å². The van der Waals surface area contributed by atoms with Gasteiger partial charge in [-0.15, -0.1) is 0 Å². The van der Waals surface area contributed by atoms with Gasteiger partial charge in [0.1, 0.15) is 6.04 Å². The number of hydrogen-bond donors (Lipinski definition) is 1. The summed E-state index contributed by atoms with van der Waals surface area (Å²) >= 11 is 11.9. The van der Waals surface area contributed by atoms with E-state index in [1.165, 1.54) is 6.07 Å². The van der Waals surface area contributed by atoms with Gasteiger partial charge >= 0.3 is 0 Å². The maximum absolute atomic E-state index is 12.8. The van der Waals surface area contributed by atoms with E-state index in [-0.39, 0.29) is 16.8 Å². The Morgan fingerprint density at radius 3 is 2.38 bits per heavy atom. The molecule has 0 aliphatic rings. The molecule has 0 saturated heterocycles. The highest BCUT2D eigenvalue weighted by Crippen LogP contribution is 2.21. The van der Waals surface area contributed by atoms with Crippen molar-refractivity contribution in [1.82, 2.24) is 10.2 Å². The van der Waals surface area contributed by atoms with Crippen molar-refractivity contribution in [2.45, 2.75) is 33.7 Å². The lowest BCUT2D eigenvalue weighted by Gasteiger charge is -2.29. The van der Waals surface area contributed by atoms with Gasteiger partial charge in [-0.3, -0.25) is 9.59 Å². The van der Waals surface area contributed by atoms with E-state index < -0.39 is 11.9 Å². The summed E-state index contributed by atoms with van der Waals surface area (Å²) in [5.41, 5.74) is 1.18. The summed E-state index contributed by atoms with van der Waals surface area (Å²) in [6.45, 7) is 12.4. The molecule has 1 N–H and O–H groups in total. The number of nitrogens with one attached hydrogen (secondary N) is 1. The molecule has 0 saturated carbocycles. The van der Waals surface area contributed by atoms with Gasteiger partial charge in [-0.2, -0.15) is 0 Å². The molecule has 2 amide bonds. The lowest BCUT2D eigenvalue weighted by molar-refractivity contribution is -0.133. The van der Waals surface area contributed by atoms with E-state index in [9.17, 15) is 9.59 Å². The predicted molar refractivity (Wildman–Crippen MR) is 99.6 cm³/mol. The van der Waals surface area contributed by atoms with Gasteiger partial charge in [0.2, 0.25) is 5.91 Å². The molecule has 0 aliphatic heterocycles. The topological polar surface area (TPSA) is 49.4 Å². The number of halogens is 2. The number of hydrogen-bond acceptors (Lipinski definition) is 2. The first-order valence-electron chi connectivity index (χ1n) is 7.86. The van der Waals surface area contributed by atoms with E-state index in [0.29, 0.717) is 23.7 Å². The second-order valence-electron chi connectivity index (χ2n) is 6.13. The van der Waals surface area contributed by atoms with E-state index in [4.69, 9.17) is 23.2 Å². The van der Waals surface area contributed by atoms with E-state index >= 15 is 0 Å². The second kappa shape index (κ2) is 9.09. The Hall–Kier alpha value is -1.52. The average molecular weight is 371 g/mol. The van der Waals surface area contributed by atoms with Gasteiger partial charge in [0, 0.05) is 18.1 Å². The molecular weight excluding hydrogens is 347 g/mol. The number of likely N-dealkylation sites (N-methyl/N-ethyl adjacent to an activating group) is 1. The molecule has 1 atom stereocenters. The Bertz CT molecular complexity index is 629. The Balaban J connectivity index is 2.98. The molecule has 4 nitrogen and oxygen atoms in total. The summed E-state index contributed by atoms with van der Waals surface area (Å²) in [6.07, 6.45) is 0. The SMILES string of the molecule is C=C(C)CN(CC)C(=O)C(NC(=O)c1ccc(Cl)cc1Cl)C(C)C. The summed E-state index contributed by atoms with van der Waals surface area (Å²) in [7, 11) is 0. The number of rotatable bonds is 7. The van der Waals surface area contributed by atoms with Crippen LogP contribution in [0.15, 0.2) is 30.4 Å². The minimum atomic E-state index is -0.636. The minimum Gasteiger partial charge on any atom is -0.340 e. The van der Waals surface area contributed by atoms with E-state index in [0.717, 1.165) is 5.57 Å². The molecule has 0 bridgehead atoms. The van der Waals surface area contributed by atoms with Crippen molar-refractivity contribution in [3.8, 4) is 0 Å². The zero-order valence-corrected chi connectivity index (χ0v) is 16.0. The van der Waals surface area contributed by atoms with Gasteiger partial charge in [-0.05, 0) is 38.0 Å². The summed E-state index contributed by atoms with van der Waals surface area (Å²) < 4.78 is 0. The quantitative estimate of drug-likeness (QED) is 0.732.